The molecule has 0 bridgehead atoms. The highest BCUT2D eigenvalue weighted by molar-refractivity contribution is 5.77. The third kappa shape index (κ3) is 3.77. The molecule has 20 heavy (non-hydrogen) atoms. The van der Waals surface area contributed by atoms with Crippen molar-refractivity contribution in [3.63, 3.8) is 0 Å². The van der Waals surface area contributed by atoms with Gasteiger partial charge in [-0.2, -0.15) is 0 Å². The number of amides is 1. The normalized spacial score (nSPS) is 16.3. The van der Waals surface area contributed by atoms with E-state index < -0.39 is 0 Å². The predicted molar refractivity (Wildman–Crippen MR) is 74.0 cm³/mol. The molecule has 0 radical (unpaired) electrons. The molecule has 1 amide bonds. The molecule has 1 aromatic rings. The summed E-state index contributed by atoms with van der Waals surface area (Å²) in [7, 11) is 0. The van der Waals surface area contributed by atoms with Gasteiger partial charge in [0.15, 0.2) is 5.82 Å². The Morgan fingerprint density at radius 1 is 1.45 bits per heavy atom. The third-order valence-corrected chi connectivity index (χ3v) is 3.40. The second kappa shape index (κ2) is 7.35. The summed E-state index contributed by atoms with van der Waals surface area (Å²) in [5, 5.41) is 11.3. The van der Waals surface area contributed by atoms with E-state index in [1.807, 2.05) is 6.92 Å². The van der Waals surface area contributed by atoms with Crippen LogP contribution in [0, 0.1) is 0 Å². The van der Waals surface area contributed by atoms with Crippen molar-refractivity contribution in [3.8, 4) is 0 Å². The van der Waals surface area contributed by atoms with E-state index in [0.717, 1.165) is 37.5 Å². The number of carbonyl (C=O) groups is 1. The SMILES string of the molecule is CC(NC(=O)COCCN)c1nnc2n1CCCCC2. The highest BCUT2D eigenvalue weighted by Crippen LogP contribution is 2.18. The molecular weight excluding hydrogens is 258 g/mol. The van der Waals surface area contributed by atoms with Crippen LogP contribution in [-0.2, 0) is 22.5 Å². The predicted octanol–water partition coefficient (Wildman–Crippen LogP) is 0.157. The maximum absolute atomic E-state index is 11.7. The summed E-state index contributed by atoms with van der Waals surface area (Å²) in [6.45, 7) is 3.69. The summed E-state index contributed by atoms with van der Waals surface area (Å²) >= 11 is 0. The molecule has 1 aliphatic heterocycles. The molecule has 1 aliphatic rings. The summed E-state index contributed by atoms with van der Waals surface area (Å²) < 4.78 is 7.25. The van der Waals surface area contributed by atoms with Gasteiger partial charge in [0.1, 0.15) is 12.4 Å². The molecule has 0 aromatic carbocycles. The van der Waals surface area contributed by atoms with Gasteiger partial charge in [-0.3, -0.25) is 4.79 Å². The molecule has 0 spiro atoms. The summed E-state index contributed by atoms with van der Waals surface area (Å²) in [5.74, 6) is 1.70. The first-order valence-corrected chi connectivity index (χ1v) is 7.21. The molecule has 7 nitrogen and oxygen atoms in total. The van der Waals surface area contributed by atoms with Gasteiger partial charge in [0.05, 0.1) is 12.6 Å². The van der Waals surface area contributed by atoms with E-state index in [2.05, 4.69) is 20.1 Å². The minimum atomic E-state index is -0.164. The van der Waals surface area contributed by atoms with Gasteiger partial charge >= 0.3 is 0 Å². The summed E-state index contributed by atoms with van der Waals surface area (Å²) in [6, 6.07) is -0.164. The fourth-order valence-corrected chi connectivity index (χ4v) is 2.42. The lowest BCUT2D eigenvalue weighted by Crippen LogP contribution is -2.32. The maximum Gasteiger partial charge on any atom is 0.246 e. The van der Waals surface area contributed by atoms with Crippen molar-refractivity contribution < 1.29 is 9.53 Å². The van der Waals surface area contributed by atoms with Crippen LogP contribution < -0.4 is 11.1 Å². The van der Waals surface area contributed by atoms with Gasteiger partial charge in [-0.1, -0.05) is 6.42 Å². The lowest BCUT2D eigenvalue weighted by atomic mass is 10.2. The molecular formula is C13H23N5O2. The van der Waals surface area contributed by atoms with E-state index >= 15 is 0 Å². The Kier molecular flexibility index (Phi) is 5.49. The zero-order valence-electron chi connectivity index (χ0n) is 12.0. The van der Waals surface area contributed by atoms with Gasteiger partial charge in [0, 0.05) is 19.5 Å². The van der Waals surface area contributed by atoms with Gasteiger partial charge < -0.3 is 20.4 Å². The van der Waals surface area contributed by atoms with Gasteiger partial charge in [-0.25, -0.2) is 0 Å². The number of aryl methyl sites for hydroxylation is 1. The second-order valence-corrected chi connectivity index (χ2v) is 5.07. The molecule has 2 heterocycles. The van der Waals surface area contributed by atoms with Gasteiger partial charge in [0.25, 0.3) is 0 Å². The van der Waals surface area contributed by atoms with Crippen LogP contribution in [0.2, 0.25) is 0 Å². The third-order valence-electron chi connectivity index (χ3n) is 3.40. The molecule has 1 atom stereocenters. The molecule has 0 saturated carbocycles. The summed E-state index contributed by atoms with van der Waals surface area (Å²) in [6.07, 6.45) is 4.48. The number of ether oxygens (including phenoxy) is 1. The Balaban J connectivity index is 1.94. The molecule has 1 aromatic heterocycles. The average Bonchev–Trinajstić information content (AvgIpc) is 2.68. The van der Waals surface area contributed by atoms with Crippen LogP contribution in [0.25, 0.3) is 0 Å². The molecule has 112 valence electrons. The van der Waals surface area contributed by atoms with Crippen LogP contribution in [0.3, 0.4) is 0 Å². The van der Waals surface area contributed by atoms with E-state index in [0.29, 0.717) is 13.2 Å². The number of aromatic nitrogens is 3. The van der Waals surface area contributed by atoms with Crippen LogP contribution in [0.1, 0.15) is 43.9 Å². The molecule has 7 heteroatoms. The van der Waals surface area contributed by atoms with Gasteiger partial charge in [0.2, 0.25) is 5.91 Å². The maximum atomic E-state index is 11.7. The smallest absolute Gasteiger partial charge is 0.246 e. The van der Waals surface area contributed by atoms with Crippen LogP contribution in [0.4, 0.5) is 0 Å². The monoisotopic (exact) mass is 281 g/mol. The molecule has 2 rings (SSSR count). The zero-order chi connectivity index (χ0) is 14.4. The van der Waals surface area contributed by atoms with Crippen LogP contribution in [0.5, 0.6) is 0 Å². The van der Waals surface area contributed by atoms with Crippen molar-refractivity contribution in [2.45, 2.75) is 45.2 Å². The van der Waals surface area contributed by atoms with Crippen molar-refractivity contribution in [2.75, 3.05) is 19.8 Å². The number of hydrogen-bond acceptors (Lipinski definition) is 5. The Morgan fingerprint density at radius 2 is 2.30 bits per heavy atom. The van der Waals surface area contributed by atoms with Crippen molar-refractivity contribution in [2.24, 2.45) is 5.73 Å². The molecule has 0 saturated heterocycles. The number of rotatable bonds is 6. The Morgan fingerprint density at radius 3 is 3.10 bits per heavy atom. The topological polar surface area (TPSA) is 95.1 Å². The van der Waals surface area contributed by atoms with E-state index in [1.54, 1.807) is 0 Å². The Hall–Kier alpha value is -1.47. The zero-order valence-corrected chi connectivity index (χ0v) is 12.0. The Labute approximate surface area is 118 Å². The second-order valence-electron chi connectivity index (χ2n) is 5.07. The number of nitrogens with zero attached hydrogens (tertiary/aromatic N) is 3. The quantitative estimate of drug-likeness (QED) is 0.724. The molecule has 0 aliphatic carbocycles. The number of fused-ring (bicyclic) bond motifs is 1. The van der Waals surface area contributed by atoms with Crippen molar-refractivity contribution in [1.82, 2.24) is 20.1 Å². The van der Waals surface area contributed by atoms with Crippen molar-refractivity contribution >= 4 is 5.91 Å². The first kappa shape index (κ1) is 14.9. The van der Waals surface area contributed by atoms with Gasteiger partial charge in [-0.15, -0.1) is 10.2 Å². The number of nitrogens with two attached hydrogens (primary N) is 1. The fraction of sp³-hybridized carbons (Fsp3) is 0.769. The Bertz CT molecular complexity index is 446. The lowest BCUT2D eigenvalue weighted by molar-refractivity contribution is -0.126. The van der Waals surface area contributed by atoms with Crippen LogP contribution in [-0.4, -0.2) is 40.4 Å². The van der Waals surface area contributed by atoms with E-state index in [-0.39, 0.29) is 18.6 Å². The van der Waals surface area contributed by atoms with E-state index in [1.165, 1.54) is 6.42 Å². The standard InChI is InChI=1S/C13H23N5O2/c1-10(15-12(19)9-20-8-6-14)13-17-16-11-5-3-2-4-7-18(11)13/h10H,2-9,14H2,1H3,(H,15,19). The molecule has 0 fully saturated rings. The number of carbonyl (C=O) groups excluding carboxylic acids is 1. The molecule has 1 unspecified atom stereocenters. The fourth-order valence-electron chi connectivity index (χ4n) is 2.42. The average molecular weight is 281 g/mol. The highest BCUT2D eigenvalue weighted by Gasteiger charge is 2.20. The highest BCUT2D eigenvalue weighted by atomic mass is 16.5. The number of nitrogens with one attached hydrogen (secondary N) is 1. The van der Waals surface area contributed by atoms with Crippen LogP contribution in [0.15, 0.2) is 0 Å². The lowest BCUT2D eigenvalue weighted by Gasteiger charge is -2.15. The number of hydrogen-bond donors (Lipinski definition) is 2. The van der Waals surface area contributed by atoms with Gasteiger partial charge in [-0.05, 0) is 19.8 Å². The summed E-state index contributed by atoms with van der Waals surface area (Å²) in [5.41, 5.74) is 5.31. The van der Waals surface area contributed by atoms with Crippen molar-refractivity contribution in [1.29, 1.82) is 0 Å². The summed E-state index contributed by atoms with van der Waals surface area (Å²) in [4.78, 5) is 11.7. The van der Waals surface area contributed by atoms with E-state index in [4.69, 9.17) is 10.5 Å². The van der Waals surface area contributed by atoms with Crippen molar-refractivity contribution in [3.05, 3.63) is 11.6 Å². The van der Waals surface area contributed by atoms with E-state index in [9.17, 15) is 4.79 Å². The first-order valence-electron chi connectivity index (χ1n) is 7.21. The molecule has 3 N–H and O–H groups in total. The van der Waals surface area contributed by atoms with Crippen LogP contribution >= 0.6 is 0 Å². The largest absolute Gasteiger partial charge is 0.370 e. The minimum Gasteiger partial charge on any atom is -0.370 e. The minimum absolute atomic E-state index is 0.0303. The first-order chi connectivity index (χ1) is 9.72.